The minimum atomic E-state index is -4.74. The standard InChI is InChI=1S/C19H14F3N3O2/c1-13-17(11-6-14-5-3-4-12-23-14)18(26-2)25(24-13)15-7-9-16(10-8-15)27-19(20,21)22/h3-5,7-10,12H,1-2H3. The number of methoxy groups -OCH3 is 1. The molecule has 2 aromatic heterocycles. The van der Waals surface area contributed by atoms with Gasteiger partial charge in [0.05, 0.1) is 18.5 Å². The van der Waals surface area contributed by atoms with Crippen molar-refractivity contribution in [1.29, 1.82) is 0 Å². The normalized spacial score (nSPS) is 10.9. The van der Waals surface area contributed by atoms with Crippen LogP contribution in [0.3, 0.4) is 0 Å². The highest BCUT2D eigenvalue weighted by molar-refractivity contribution is 5.52. The number of nitrogens with zero attached hydrogens (tertiary/aromatic N) is 3. The average molecular weight is 373 g/mol. The number of aryl methyl sites for hydroxylation is 1. The molecule has 0 spiro atoms. The van der Waals surface area contributed by atoms with Gasteiger partial charge < -0.3 is 9.47 Å². The maximum absolute atomic E-state index is 12.3. The van der Waals surface area contributed by atoms with Crippen molar-refractivity contribution in [1.82, 2.24) is 14.8 Å². The molecule has 3 aromatic rings. The van der Waals surface area contributed by atoms with Gasteiger partial charge in [-0.15, -0.1) is 13.2 Å². The lowest BCUT2D eigenvalue weighted by Gasteiger charge is -2.10. The summed E-state index contributed by atoms with van der Waals surface area (Å²) in [5, 5.41) is 4.37. The highest BCUT2D eigenvalue weighted by Gasteiger charge is 2.31. The van der Waals surface area contributed by atoms with E-state index in [-0.39, 0.29) is 5.75 Å². The fourth-order valence-corrected chi connectivity index (χ4v) is 2.37. The summed E-state index contributed by atoms with van der Waals surface area (Å²) in [6, 6.07) is 10.7. The molecule has 0 saturated carbocycles. The minimum Gasteiger partial charge on any atom is -0.480 e. The maximum Gasteiger partial charge on any atom is 0.573 e. The molecule has 0 unspecified atom stereocenters. The molecular formula is C19H14F3N3O2. The first kappa shape index (κ1) is 18.3. The van der Waals surface area contributed by atoms with E-state index in [0.29, 0.717) is 28.5 Å². The largest absolute Gasteiger partial charge is 0.573 e. The Morgan fingerprint density at radius 3 is 2.37 bits per heavy atom. The van der Waals surface area contributed by atoms with Gasteiger partial charge in [0.25, 0.3) is 0 Å². The predicted octanol–water partition coefficient (Wildman–Crippen LogP) is 3.88. The third-order valence-electron chi connectivity index (χ3n) is 3.51. The Hall–Kier alpha value is -3.47. The van der Waals surface area contributed by atoms with E-state index < -0.39 is 6.36 Å². The van der Waals surface area contributed by atoms with Crippen LogP contribution in [0.15, 0.2) is 48.7 Å². The van der Waals surface area contributed by atoms with Crippen LogP contribution in [-0.2, 0) is 0 Å². The molecule has 0 aliphatic rings. The SMILES string of the molecule is COc1c(C#Cc2ccccn2)c(C)nn1-c1ccc(OC(F)(F)F)cc1. The van der Waals surface area contributed by atoms with Gasteiger partial charge in [-0.1, -0.05) is 12.0 Å². The van der Waals surface area contributed by atoms with Gasteiger partial charge in [-0.2, -0.15) is 9.78 Å². The van der Waals surface area contributed by atoms with E-state index in [1.54, 1.807) is 25.3 Å². The summed E-state index contributed by atoms with van der Waals surface area (Å²) in [4.78, 5) is 4.14. The zero-order valence-corrected chi connectivity index (χ0v) is 14.4. The van der Waals surface area contributed by atoms with Gasteiger partial charge in [-0.05, 0) is 49.2 Å². The minimum absolute atomic E-state index is 0.315. The Bertz CT molecular complexity index is 985. The van der Waals surface area contributed by atoms with Crippen molar-refractivity contribution in [2.24, 2.45) is 0 Å². The third kappa shape index (κ3) is 4.39. The van der Waals surface area contributed by atoms with Gasteiger partial charge in [0, 0.05) is 6.20 Å². The fraction of sp³-hybridized carbons (Fsp3) is 0.158. The summed E-state index contributed by atoms with van der Waals surface area (Å²) in [5.41, 5.74) is 2.29. The summed E-state index contributed by atoms with van der Waals surface area (Å²) in [6.45, 7) is 1.77. The number of ether oxygens (including phenoxy) is 2. The molecule has 0 N–H and O–H groups in total. The molecule has 0 aliphatic heterocycles. The number of hydrogen-bond acceptors (Lipinski definition) is 4. The van der Waals surface area contributed by atoms with Gasteiger partial charge in [-0.3, -0.25) is 0 Å². The van der Waals surface area contributed by atoms with E-state index in [1.165, 1.54) is 36.1 Å². The Labute approximate surface area is 153 Å². The van der Waals surface area contributed by atoms with Gasteiger partial charge in [0.1, 0.15) is 17.0 Å². The first-order chi connectivity index (χ1) is 12.9. The Morgan fingerprint density at radius 2 is 1.78 bits per heavy atom. The van der Waals surface area contributed by atoms with Crippen molar-refractivity contribution in [2.75, 3.05) is 7.11 Å². The first-order valence-corrected chi connectivity index (χ1v) is 7.80. The molecule has 0 amide bonds. The molecular weight excluding hydrogens is 359 g/mol. The fourth-order valence-electron chi connectivity index (χ4n) is 2.37. The number of alkyl halides is 3. The molecule has 0 bridgehead atoms. The molecule has 3 rings (SSSR count). The lowest BCUT2D eigenvalue weighted by Crippen LogP contribution is -2.17. The van der Waals surface area contributed by atoms with Gasteiger partial charge in [0.15, 0.2) is 0 Å². The van der Waals surface area contributed by atoms with Gasteiger partial charge >= 0.3 is 6.36 Å². The van der Waals surface area contributed by atoms with Crippen molar-refractivity contribution in [3.63, 3.8) is 0 Å². The van der Waals surface area contributed by atoms with Crippen molar-refractivity contribution >= 4 is 0 Å². The zero-order valence-electron chi connectivity index (χ0n) is 14.4. The summed E-state index contributed by atoms with van der Waals surface area (Å²) in [6.07, 6.45) is -3.10. The van der Waals surface area contributed by atoms with Crippen molar-refractivity contribution in [3.8, 4) is 29.2 Å². The van der Waals surface area contributed by atoms with E-state index >= 15 is 0 Å². The van der Waals surface area contributed by atoms with Crippen molar-refractivity contribution in [3.05, 3.63) is 65.6 Å². The second kappa shape index (κ2) is 7.41. The van der Waals surface area contributed by atoms with Crippen LogP contribution in [0.1, 0.15) is 17.0 Å². The second-order valence-corrected chi connectivity index (χ2v) is 5.39. The molecule has 0 saturated heterocycles. The molecule has 2 heterocycles. The van der Waals surface area contributed by atoms with Gasteiger partial charge in [-0.25, -0.2) is 4.98 Å². The number of rotatable bonds is 3. The topological polar surface area (TPSA) is 49.2 Å². The molecule has 0 atom stereocenters. The van der Waals surface area contributed by atoms with Crippen molar-refractivity contribution < 1.29 is 22.6 Å². The summed E-state index contributed by atoms with van der Waals surface area (Å²) >= 11 is 0. The van der Waals surface area contributed by atoms with Crippen LogP contribution in [0.2, 0.25) is 0 Å². The molecule has 5 nitrogen and oxygen atoms in total. The van der Waals surface area contributed by atoms with E-state index in [9.17, 15) is 13.2 Å². The molecule has 0 radical (unpaired) electrons. The van der Waals surface area contributed by atoms with E-state index in [2.05, 4.69) is 26.7 Å². The third-order valence-corrected chi connectivity index (χ3v) is 3.51. The molecule has 1 aromatic carbocycles. The number of pyridine rings is 1. The average Bonchev–Trinajstić information content (AvgIpc) is 2.95. The zero-order chi connectivity index (χ0) is 19.4. The number of hydrogen-bond donors (Lipinski definition) is 0. The monoisotopic (exact) mass is 373 g/mol. The van der Waals surface area contributed by atoms with Crippen LogP contribution < -0.4 is 9.47 Å². The predicted molar refractivity (Wildman–Crippen MR) is 91.8 cm³/mol. The molecule has 27 heavy (non-hydrogen) atoms. The highest BCUT2D eigenvalue weighted by Crippen LogP contribution is 2.28. The highest BCUT2D eigenvalue weighted by atomic mass is 19.4. The molecule has 8 heteroatoms. The van der Waals surface area contributed by atoms with Crippen LogP contribution in [0, 0.1) is 18.8 Å². The summed E-state index contributed by atoms with van der Waals surface area (Å²) in [5.74, 6) is 5.98. The lowest BCUT2D eigenvalue weighted by molar-refractivity contribution is -0.274. The Balaban J connectivity index is 1.95. The van der Waals surface area contributed by atoms with E-state index in [1.807, 2.05) is 6.07 Å². The smallest absolute Gasteiger partial charge is 0.480 e. The summed E-state index contributed by atoms with van der Waals surface area (Å²) in [7, 11) is 1.47. The summed E-state index contributed by atoms with van der Waals surface area (Å²) < 4.78 is 47.6. The van der Waals surface area contributed by atoms with Crippen LogP contribution in [0.5, 0.6) is 11.6 Å². The number of benzene rings is 1. The van der Waals surface area contributed by atoms with E-state index in [0.717, 1.165) is 0 Å². The molecule has 0 fully saturated rings. The van der Waals surface area contributed by atoms with Crippen molar-refractivity contribution in [2.45, 2.75) is 13.3 Å². The van der Waals surface area contributed by atoms with Crippen LogP contribution in [0.4, 0.5) is 13.2 Å². The lowest BCUT2D eigenvalue weighted by atomic mass is 10.2. The number of aromatic nitrogens is 3. The van der Waals surface area contributed by atoms with E-state index in [4.69, 9.17) is 4.74 Å². The number of halogens is 3. The maximum atomic E-state index is 12.3. The van der Waals surface area contributed by atoms with Crippen LogP contribution >= 0.6 is 0 Å². The second-order valence-electron chi connectivity index (χ2n) is 5.39. The Kier molecular flexibility index (Phi) is 5.03. The Morgan fingerprint density at radius 1 is 1.04 bits per heavy atom. The van der Waals surface area contributed by atoms with Gasteiger partial charge in [0.2, 0.25) is 5.88 Å². The molecule has 0 aliphatic carbocycles. The first-order valence-electron chi connectivity index (χ1n) is 7.80. The quantitative estimate of drug-likeness (QED) is 0.654. The van der Waals surface area contributed by atoms with Crippen LogP contribution in [0.25, 0.3) is 5.69 Å². The molecule has 138 valence electrons. The van der Waals surface area contributed by atoms with Crippen LogP contribution in [-0.4, -0.2) is 28.2 Å².